The van der Waals surface area contributed by atoms with E-state index in [2.05, 4.69) is 0 Å². The second-order valence-electron chi connectivity index (χ2n) is 1.77. The smallest absolute Gasteiger partial charge is 0.0903 e. The Balaban J connectivity index is 0.000001000. The normalized spacial score (nSPS) is 8.45. The Bertz CT molecular complexity index is 260. The monoisotopic (exact) mass is 192 g/mol. The number of hydrogen-bond acceptors (Lipinski definition) is 2. The summed E-state index contributed by atoms with van der Waals surface area (Å²) in [6, 6.07) is 6.16. The summed E-state index contributed by atoms with van der Waals surface area (Å²) in [6.45, 7) is 0. The minimum absolute atomic E-state index is 0. The van der Waals surface area contributed by atoms with Gasteiger partial charge >= 0.3 is 0 Å². The second kappa shape index (κ2) is 4.21. The van der Waals surface area contributed by atoms with Crippen LogP contribution >= 0.6 is 11.6 Å². The summed E-state index contributed by atoms with van der Waals surface area (Å²) < 4.78 is 0. The number of halogens is 2. The molecule has 0 atom stereocenters. The van der Waals surface area contributed by atoms with E-state index in [1.54, 1.807) is 12.1 Å². The molecule has 0 aliphatic carbocycles. The first-order chi connectivity index (χ1) is 4.72. The Morgan fingerprint density at radius 3 is 2.27 bits per heavy atom. The lowest BCUT2D eigenvalue weighted by atomic mass is 10.2. The number of benzene rings is 1. The molecule has 0 radical (unpaired) electrons. The van der Waals surface area contributed by atoms with Crippen molar-refractivity contribution >= 4 is 17.6 Å². The average Bonchev–Trinajstić information content (AvgIpc) is 1.88. The van der Waals surface area contributed by atoms with Gasteiger partial charge in [-0.3, -0.25) is 0 Å². The van der Waals surface area contributed by atoms with E-state index in [-0.39, 0.29) is 23.0 Å². The summed E-state index contributed by atoms with van der Waals surface area (Å²) in [4.78, 5) is 10.2. The van der Waals surface area contributed by atoms with Crippen LogP contribution in [0.3, 0.4) is 0 Å². The minimum atomic E-state index is -1.24. The van der Waals surface area contributed by atoms with Gasteiger partial charge in [0, 0.05) is 10.6 Å². The summed E-state index contributed by atoms with van der Waals surface area (Å²) in [5.41, 5.74) is 0.0316. The molecule has 0 spiro atoms. The lowest BCUT2D eigenvalue weighted by Crippen LogP contribution is -2.22. The van der Waals surface area contributed by atoms with Crippen molar-refractivity contribution in [3.05, 3.63) is 34.9 Å². The van der Waals surface area contributed by atoms with Gasteiger partial charge in [0.05, 0.1) is 18.4 Å². The number of carbonyl (C=O) groups excluding carboxylic acids is 1. The lowest BCUT2D eigenvalue weighted by molar-refractivity contribution is -0.255. The highest BCUT2D eigenvalue weighted by atomic mass is 35.5. The van der Waals surface area contributed by atoms with Gasteiger partial charge in [0.15, 0.2) is 0 Å². The van der Waals surface area contributed by atoms with Gasteiger partial charge in [0.25, 0.3) is 0 Å². The third-order valence-electron chi connectivity index (χ3n) is 1.09. The predicted octanol–water partition coefficient (Wildman–Crippen LogP) is 0.168. The Hall–Kier alpha value is -0.730. The highest BCUT2D eigenvalue weighted by Gasteiger charge is 1.96. The molecule has 0 bridgehead atoms. The van der Waals surface area contributed by atoms with Gasteiger partial charge < -0.3 is 9.90 Å². The predicted molar refractivity (Wildman–Crippen MR) is 38.6 cm³/mol. The number of rotatable bonds is 1. The molecule has 0 aliphatic heterocycles. The Kier molecular flexibility index (Phi) is 3.93. The number of hydrogen-bond donors (Lipinski definition) is 0. The van der Waals surface area contributed by atoms with Gasteiger partial charge in [-0.15, -0.1) is 0 Å². The Morgan fingerprint density at radius 1 is 1.36 bits per heavy atom. The molecule has 0 unspecified atom stereocenters. The molecule has 0 saturated carbocycles. The molecule has 11 heavy (non-hydrogen) atoms. The molecule has 1 rings (SSSR count). The summed E-state index contributed by atoms with van der Waals surface area (Å²) in [6.07, 6.45) is 0. The van der Waals surface area contributed by atoms with E-state index in [0.29, 0.717) is 0 Å². The molecule has 0 saturated heterocycles. The molecule has 4 heteroatoms. The molecule has 2 nitrogen and oxygen atoms in total. The number of carboxylic acids is 1. The van der Waals surface area contributed by atoms with Crippen molar-refractivity contribution in [3.8, 4) is 0 Å². The van der Waals surface area contributed by atoms with E-state index in [4.69, 9.17) is 11.6 Å². The van der Waals surface area contributed by atoms with Crippen molar-refractivity contribution in [2.75, 3.05) is 0 Å². The van der Waals surface area contributed by atoms with Crippen LogP contribution in [0.15, 0.2) is 24.3 Å². The van der Waals surface area contributed by atoms with Gasteiger partial charge in [-0.1, -0.05) is 29.8 Å². The van der Waals surface area contributed by atoms with Crippen LogP contribution in [-0.4, -0.2) is 5.97 Å². The number of aromatic carboxylic acids is 1. The van der Waals surface area contributed by atoms with Crippen molar-refractivity contribution in [3.63, 3.8) is 0 Å². The lowest BCUT2D eigenvalue weighted by Gasteiger charge is -2.02. The van der Waals surface area contributed by atoms with E-state index >= 15 is 0 Å². The van der Waals surface area contributed by atoms with Gasteiger partial charge in [-0.05, 0) is 6.07 Å². The first-order valence-electron chi connectivity index (χ1n) is 2.67. The van der Waals surface area contributed by atoms with E-state index < -0.39 is 5.97 Å². The van der Waals surface area contributed by atoms with Crippen LogP contribution in [0, 0.1) is 12.4 Å². The summed E-state index contributed by atoms with van der Waals surface area (Å²) in [5.74, 6) is -1.24. The van der Waals surface area contributed by atoms with E-state index in [9.17, 15) is 9.90 Å². The Labute approximate surface area is 75.2 Å². The third-order valence-corrected chi connectivity index (χ3v) is 1.42. The topological polar surface area (TPSA) is 40.1 Å². The molecule has 60 valence electrons. The quantitative estimate of drug-likeness (QED) is 0.637. The van der Waals surface area contributed by atoms with Crippen molar-refractivity contribution in [1.82, 2.24) is 0 Å². The fraction of sp³-hybridized carbons (Fsp3) is 0. The van der Waals surface area contributed by atoms with Crippen LogP contribution in [-0.2, 0) is 0 Å². The third kappa shape index (κ3) is 2.41. The van der Waals surface area contributed by atoms with Gasteiger partial charge in [0.1, 0.15) is 0 Å². The standard InChI is InChI=1S/C7H5ClO2.ClH2/c8-6-4-2-1-3-5(6)7(9)10;/h1-4H,(H,9,10);1H2/q;+1/p-1. The fourth-order valence-corrected chi connectivity index (χ4v) is 0.840. The van der Waals surface area contributed by atoms with Crippen molar-refractivity contribution in [1.29, 1.82) is 0 Å². The van der Waals surface area contributed by atoms with Crippen LogP contribution in [0.2, 0.25) is 5.02 Å². The second-order valence-corrected chi connectivity index (χ2v) is 2.17. The first kappa shape index (κ1) is 10.3. The number of carboxylic acid groups (broad SMARTS) is 1. The minimum Gasteiger partial charge on any atom is -0.545 e. The summed E-state index contributed by atoms with van der Waals surface area (Å²) in [7, 11) is 0. The first-order valence-corrected chi connectivity index (χ1v) is 3.05. The highest BCUT2D eigenvalue weighted by Crippen LogP contribution is 2.12. The zero-order valence-corrected chi connectivity index (χ0v) is 7.10. The zero-order valence-electron chi connectivity index (χ0n) is 5.45. The molecule has 0 aliphatic rings. The van der Waals surface area contributed by atoms with Crippen LogP contribution in [0.5, 0.6) is 0 Å². The van der Waals surface area contributed by atoms with E-state index in [1.165, 1.54) is 12.1 Å². The molecule has 0 aromatic heterocycles. The van der Waals surface area contributed by atoms with Crippen molar-refractivity contribution < 1.29 is 22.3 Å². The molecule has 0 heterocycles. The maximum absolute atomic E-state index is 10.2. The summed E-state index contributed by atoms with van der Waals surface area (Å²) >= 11 is 5.50. The fourth-order valence-electron chi connectivity index (χ4n) is 0.627. The molecule has 1 aromatic carbocycles. The number of carbonyl (C=O) groups is 1. The maximum Gasteiger partial charge on any atom is 0.0903 e. The molecule has 0 amide bonds. The average molecular weight is 193 g/mol. The highest BCUT2D eigenvalue weighted by molar-refractivity contribution is 6.33. The Morgan fingerprint density at radius 2 is 1.91 bits per heavy atom. The van der Waals surface area contributed by atoms with Gasteiger partial charge in [-0.2, -0.15) is 0 Å². The summed E-state index contributed by atoms with van der Waals surface area (Å²) in [5, 5.41) is 10.4. The van der Waals surface area contributed by atoms with Crippen LogP contribution in [0.25, 0.3) is 0 Å². The molecule has 1 aromatic rings. The van der Waals surface area contributed by atoms with Crippen LogP contribution in [0.1, 0.15) is 10.4 Å². The maximum atomic E-state index is 10.2. The molecule has 0 fully saturated rings. The van der Waals surface area contributed by atoms with E-state index in [0.717, 1.165) is 0 Å². The van der Waals surface area contributed by atoms with Crippen molar-refractivity contribution in [2.24, 2.45) is 0 Å². The van der Waals surface area contributed by atoms with Crippen LogP contribution < -0.4 is 5.11 Å². The van der Waals surface area contributed by atoms with Crippen molar-refractivity contribution in [2.45, 2.75) is 0 Å². The van der Waals surface area contributed by atoms with Gasteiger partial charge in [-0.25, -0.2) is 0 Å². The molecular formula is C7H6Cl2O2. The van der Waals surface area contributed by atoms with Gasteiger partial charge in [0.2, 0.25) is 0 Å². The molecular weight excluding hydrogens is 187 g/mol. The SMILES string of the molecule is O=C([O-])c1ccccc1Cl.[ClH2+]. The largest absolute Gasteiger partial charge is 0.545 e. The molecule has 0 N–H and O–H groups in total. The van der Waals surface area contributed by atoms with Crippen LogP contribution in [0.4, 0.5) is 0 Å². The van der Waals surface area contributed by atoms with E-state index in [1.807, 2.05) is 0 Å². The zero-order chi connectivity index (χ0) is 7.56.